The molecule has 2 rings (SSSR count). The second-order valence-electron chi connectivity index (χ2n) is 4.30. The molecule has 98 valence electrons. The van der Waals surface area contributed by atoms with E-state index < -0.39 is 23.1 Å². The first-order valence-electron chi connectivity index (χ1n) is 5.67. The Morgan fingerprint density at radius 2 is 2.06 bits per heavy atom. The van der Waals surface area contributed by atoms with Gasteiger partial charge in [0, 0.05) is 30.1 Å². The predicted molar refractivity (Wildman–Crippen MR) is 67.4 cm³/mol. The molecule has 18 heavy (non-hydrogen) atoms. The number of amides is 1. The summed E-state index contributed by atoms with van der Waals surface area (Å²) in [5, 5.41) is 3.12. The van der Waals surface area contributed by atoms with E-state index in [-0.39, 0.29) is 10.5 Å². The summed E-state index contributed by atoms with van der Waals surface area (Å²) in [4.78, 5) is 13.7. The second kappa shape index (κ2) is 5.32. The van der Waals surface area contributed by atoms with Gasteiger partial charge in [0.2, 0.25) is 0 Å². The van der Waals surface area contributed by atoms with Gasteiger partial charge in [-0.25, -0.2) is 8.78 Å². The lowest BCUT2D eigenvalue weighted by Gasteiger charge is -2.34. The van der Waals surface area contributed by atoms with Crippen LogP contribution in [-0.2, 0) is 0 Å². The Kier molecular flexibility index (Phi) is 3.97. The smallest absolute Gasteiger partial charge is 0.260 e. The van der Waals surface area contributed by atoms with Gasteiger partial charge >= 0.3 is 0 Å². The molecule has 1 saturated heterocycles. The number of rotatable bonds is 1. The van der Waals surface area contributed by atoms with Crippen LogP contribution >= 0.6 is 15.9 Å². The number of halogens is 3. The molecule has 1 aromatic carbocycles. The van der Waals surface area contributed by atoms with Gasteiger partial charge in [-0.2, -0.15) is 0 Å². The molecule has 6 heteroatoms. The monoisotopic (exact) mass is 318 g/mol. The molecular weight excluding hydrogens is 306 g/mol. The van der Waals surface area contributed by atoms with Crippen LogP contribution in [0.5, 0.6) is 0 Å². The predicted octanol–water partition coefficient (Wildman–Crippen LogP) is 2.16. The average molecular weight is 319 g/mol. The van der Waals surface area contributed by atoms with Crippen molar-refractivity contribution in [1.82, 2.24) is 10.2 Å². The van der Waals surface area contributed by atoms with Crippen molar-refractivity contribution in [3.05, 3.63) is 33.8 Å². The Bertz CT molecular complexity index is 458. The number of carbonyl (C=O) groups excluding carboxylic acids is 1. The number of nitrogens with zero attached hydrogens (tertiary/aromatic N) is 1. The Labute approximate surface area is 112 Å². The largest absolute Gasteiger partial charge is 0.333 e. The highest BCUT2D eigenvalue weighted by atomic mass is 79.9. The van der Waals surface area contributed by atoms with Gasteiger partial charge in [0.05, 0.1) is 0 Å². The van der Waals surface area contributed by atoms with Crippen molar-refractivity contribution in [3.63, 3.8) is 0 Å². The van der Waals surface area contributed by atoms with Crippen molar-refractivity contribution in [2.24, 2.45) is 0 Å². The van der Waals surface area contributed by atoms with Crippen LogP contribution < -0.4 is 5.32 Å². The third kappa shape index (κ3) is 2.54. The van der Waals surface area contributed by atoms with Gasteiger partial charge in [-0.1, -0.05) is 15.9 Å². The first-order valence-corrected chi connectivity index (χ1v) is 6.46. The molecule has 0 saturated carbocycles. The molecule has 0 aliphatic carbocycles. The average Bonchev–Trinajstić information content (AvgIpc) is 2.27. The third-order valence-corrected chi connectivity index (χ3v) is 3.44. The van der Waals surface area contributed by atoms with Crippen molar-refractivity contribution in [1.29, 1.82) is 0 Å². The van der Waals surface area contributed by atoms with Gasteiger partial charge in [-0.15, -0.1) is 0 Å². The van der Waals surface area contributed by atoms with E-state index in [2.05, 4.69) is 21.2 Å². The van der Waals surface area contributed by atoms with E-state index in [0.29, 0.717) is 19.6 Å². The van der Waals surface area contributed by atoms with Crippen LogP contribution in [0.25, 0.3) is 0 Å². The summed E-state index contributed by atoms with van der Waals surface area (Å²) in [6, 6.07) is 2.13. The Hall–Kier alpha value is -1.01. The van der Waals surface area contributed by atoms with Crippen LogP contribution in [0.4, 0.5) is 8.78 Å². The normalized spacial score (nSPS) is 20.0. The summed E-state index contributed by atoms with van der Waals surface area (Å²) in [6.07, 6.45) is 0. The fourth-order valence-electron chi connectivity index (χ4n) is 2.03. The number of carbonyl (C=O) groups is 1. The number of hydrogen-bond acceptors (Lipinski definition) is 2. The number of hydrogen-bond donors (Lipinski definition) is 1. The fraction of sp³-hybridized carbons (Fsp3) is 0.417. The van der Waals surface area contributed by atoms with Crippen LogP contribution in [0.1, 0.15) is 17.3 Å². The van der Waals surface area contributed by atoms with E-state index in [0.717, 1.165) is 12.1 Å². The molecule has 0 bridgehead atoms. The van der Waals surface area contributed by atoms with Crippen LogP contribution in [0, 0.1) is 11.6 Å². The molecule has 1 amide bonds. The summed E-state index contributed by atoms with van der Waals surface area (Å²) in [7, 11) is 0. The third-order valence-electron chi connectivity index (χ3n) is 2.98. The zero-order valence-electron chi connectivity index (χ0n) is 9.84. The highest BCUT2D eigenvalue weighted by Gasteiger charge is 2.28. The van der Waals surface area contributed by atoms with Crippen molar-refractivity contribution in [2.75, 3.05) is 19.6 Å². The topological polar surface area (TPSA) is 32.3 Å². The lowest BCUT2D eigenvalue weighted by atomic mass is 10.1. The lowest BCUT2D eigenvalue weighted by Crippen LogP contribution is -2.52. The maximum atomic E-state index is 13.7. The van der Waals surface area contributed by atoms with Crippen molar-refractivity contribution < 1.29 is 13.6 Å². The van der Waals surface area contributed by atoms with E-state index in [1.807, 2.05) is 6.92 Å². The van der Waals surface area contributed by atoms with Gasteiger partial charge < -0.3 is 10.2 Å². The van der Waals surface area contributed by atoms with Gasteiger partial charge in [0.1, 0.15) is 17.2 Å². The van der Waals surface area contributed by atoms with Gasteiger partial charge in [-0.05, 0) is 19.1 Å². The molecule has 1 fully saturated rings. The number of benzene rings is 1. The summed E-state index contributed by atoms with van der Waals surface area (Å²) in [5.74, 6) is -2.26. The minimum absolute atomic E-state index is 0.0753. The summed E-state index contributed by atoms with van der Waals surface area (Å²) in [5.41, 5.74) is -0.480. The van der Waals surface area contributed by atoms with Gasteiger partial charge in [0.15, 0.2) is 0 Å². The SMILES string of the molecule is CC1CNCCN1C(=O)c1c(F)cc(Br)cc1F. The standard InChI is InChI=1S/C12H13BrF2N2O/c1-7-6-16-2-3-17(7)12(18)11-9(14)4-8(13)5-10(11)15/h4-5,7,16H,2-3,6H2,1H3. The highest BCUT2D eigenvalue weighted by molar-refractivity contribution is 9.10. The van der Waals surface area contributed by atoms with E-state index in [1.54, 1.807) is 0 Å². The molecule has 1 aliphatic heterocycles. The van der Waals surface area contributed by atoms with Crippen LogP contribution in [0.3, 0.4) is 0 Å². The van der Waals surface area contributed by atoms with Crippen LogP contribution in [0.2, 0.25) is 0 Å². The summed E-state index contributed by atoms with van der Waals surface area (Å²) in [6.45, 7) is 3.56. The number of piperazine rings is 1. The molecule has 1 aliphatic rings. The van der Waals surface area contributed by atoms with Crippen LogP contribution in [-0.4, -0.2) is 36.5 Å². The van der Waals surface area contributed by atoms with Crippen molar-refractivity contribution in [2.45, 2.75) is 13.0 Å². The van der Waals surface area contributed by atoms with Gasteiger partial charge in [0.25, 0.3) is 5.91 Å². The zero-order valence-corrected chi connectivity index (χ0v) is 11.4. The maximum absolute atomic E-state index is 13.7. The first-order chi connectivity index (χ1) is 8.50. The Morgan fingerprint density at radius 3 is 2.61 bits per heavy atom. The van der Waals surface area contributed by atoms with E-state index in [1.165, 1.54) is 4.90 Å². The van der Waals surface area contributed by atoms with E-state index >= 15 is 0 Å². The van der Waals surface area contributed by atoms with Crippen molar-refractivity contribution >= 4 is 21.8 Å². The summed E-state index contributed by atoms with van der Waals surface area (Å²) < 4.78 is 27.7. The Balaban J connectivity index is 2.33. The van der Waals surface area contributed by atoms with Crippen LogP contribution in [0.15, 0.2) is 16.6 Å². The fourth-order valence-corrected chi connectivity index (χ4v) is 2.43. The first kappa shape index (κ1) is 13.4. The van der Waals surface area contributed by atoms with E-state index in [9.17, 15) is 13.6 Å². The minimum atomic E-state index is -0.836. The van der Waals surface area contributed by atoms with Crippen molar-refractivity contribution in [3.8, 4) is 0 Å². The molecule has 1 atom stereocenters. The molecular formula is C12H13BrF2N2O. The molecule has 1 unspecified atom stereocenters. The zero-order chi connectivity index (χ0) is 13.3. The lowest BCUT2D eigenvalue weighted by molar-refractivity contribution is 0.0645. The molecule has 1 N–H and O–H groups in total. The minimum Gasteiger partial charge on any atom is -0.333 e. The second-order valence-corrected chi connectivity index (χ2v) is 5.21. The van der Waals surface area contributed by atoms with E-state index in [4.69, 9.17) is 0 Å². The quantitative estimate of drug-likeness (QED) is 0.860. The van der Waals surface area contributed by atoms with Gasteiger partial charge in [-0.3, -0.25) is 4.79 Å². The maximum Gasteiger partial charge on any atom is 0.260 e. The molecule has 1 heterocycles. The molecule has 0 radical (unpaired) electrons. The number of nitrogens with one attached hydrogen (secondary N) is 1. The summed E-state index contributed by atoms with van der Waals surface area (Å²) >= 11 is 2.99. The Morgan fingerprint density at radius 1 is 1.44 bits per heavy atom. The molecule has 0 aromatic heterocycles. The molecule has 3 nitrogen and oxygen atoms in total. The highest BCUT2D eigenvalue weighted by Crippen LogP contribution is 2.22. The molecule has 1 aromatic rings. The molecule has 0 spiro atoms.